The van der Waals surface area contributed by atoms with E-state index in [1.807, 2.05) is 31.2 Å². The molecular formula is C16H20N2O2. The molecule has 1 aromatic heterocycles. The minimum absolute atomic E-state index is 0.0434. The molecule has 1 N–H and O–H groups in total. The monoisotopic (exact) mass is 272 g/mol. The highest BCUT2D eigenvalue weighted by molar-refractivity contribution is 5.37. The molecule has 0 fully saturated rings. The van der Waals surface area contributed by atoms with Crippen molar-refractivity contribution in [1.29, 1.82) is 0 Å². The van der Waals surface area contributed by atoms with Crippen LogP contribution in [0, 0.1) is 5.92 Å². The third-order valence-corrected chi connectivity index (χ3v) is 3.86. The van der Waals surface area contributed by atoms with E-state index < -0.39 is 5.60 Å². The molecule has 2 aromatic rings. The fourth-order valence-electron chi connectivity index (χ4n) is 2.37. The van der Waals surface area contributed by atoms with Gasteiger partial charge < -0.3 is 9.84 Å². The van der Waals surface area contributed by atoms with Crippen LogP contribution < -0.4 is 4.74 Å². The predicted octanol–water partition coefficient (Wildman–Crippen LogP) is 2.77. The summed E-state index contributed by atoms with van der Waals surface area (Å²) in [6, 6.07) is 7.48. The molecule has 2 atom stereocenters. The number of hydrogen-bond donors (Lipinski definition) is 1. The molecule has 0 aliphatic heterocycles. The molecule has 2 rings (SSSR count). The summed E-state index contributed by atoms with van der Waals surface area (Å²) in [6.07, 6.45) is 5.65. The van der Waals surface area contributed by atoms with Crippen LogP contribution in [0.3, 0.4) is 0 Å². The van der Waals surface area contributed by atoms with Crippen LogP contribution in [0.2, 0.25) is 0 Å². The van der Waals surface area contributed by atoms with E-state index in [1.54, 1.807) is 19.5 Å². The van der Waals surface area contributed by atoms with Gasteiger partial charge in [0.1, 0.15) is 17.7 Å². The molecule has 4 nitrogen and oxygen atoms in total. The van der Waals surface area contributed by atoms with Gasteiger partial charge in [-0.05, 0) is 23.6 Å². The first-order chi connectivity index (χ1) is 9.62. The second kappa shape index (κ2) is 6.01. The van der Waals surface area contributed by atoms with Gasteiger partial charge in [-0.3, -0.25) is 0 Å². The van der Waals surface area contributed by atoms with E-state index in [4.69, 9.17) is 4.74 Å². The summed E-state index contributed by atoms with van der Waals surface area (Å²) in [5.41, 5.74) is 0.435. The van der Waals surface area contributed by atoms with Crippen LogP contribution in [-0.4, -0.2) is 22.2 Å². The van der Waals surface area contributed by atoms with Crippen molar-refractivity contribution in [3.8, 4) is 5.75 Å². The van der Waals surface area contributed by atoms with Gasteiger partial charge in [0.2, 0.25) is 0 Å². The van der Waals surface area contributed by atoms with E-state index >= 15 is 0 Å². The van der Waals surface area contributed by atoms with Crippen molar-refractivity contribution < 1.29 is 9.84 Å². The highest BCUT2D eigenvalue weighted by Gasteiger charge is 2.37. The standard InChI is InChI=1S/C16H20N2O2/c1-4-12(2)16(19,14-9-17-11-18-10-14)13-5-7-15(20-3)8-6-13/h5-12,19H,4H2,1-3H3. The first-order valence-electron chi connectivity index (χ1n) is 6.75. The van der Waals surface area contributed by atoms with Gasteiger partial charge in [0.15, 0.2) is 0 Å². The molecule has 4 heteroatoms. The molecular weight excluding hydrogens is 252 g/mol. The molecule has 106 valence electrons. The van der Waals surface area contributed by atoms with Crippen molar-refractivity contribution in [2.24, 2.45) is 5.92 Å². The lowest BCUT2D eigenvalue weighted by Crippen LogP contribution is -2.35. The zero-order valence-corrected chi connectivity index (χ0v) is 12.1. The number of aromatic nitrogens is 2. The minimum atomic E-state index is -1.09. The summed E-state index contributed by atoms with van der Waals surface area (Å²) in [4.78, 5) is 8.06. The van der Waals surface area contributed by atoms with Crippen LogP contribution in [0.4, 0.5) is 0 Å². The zero-order chi connectivity index (χ0) is 14.6. The average Bonchev–Trinajstić information content (AvgIpc) is 2.54. The summed E-state index contributed by atoms with van der Waals surface area (Å²) in [6.45, 7) is 4.08. The van der Waals surface area contributed by atoms with Gasteiger partial charge in [-0.15, -0.1) is 0 Å². The Labute approximate surface area is 119 Å². The number of methoxy groups -OCH3 is 1. The number of nitrogens with zero attached hydrogens (tertiary/aromatic N) is 2. The normalized spacial score (nSPS) is 15.4. The summed E-state index contributed by atoms with van der Waals surface area (Å²) in [5, 5.41) is 11.3. The molecule has 0 aliphatic rings. The lowest BCUT2D eigenvalue weighted by Gasteiger charge is -2.34. The van der Waals surface area contributed by atoms with Crippen LogP contribution in [0.15, 0.2) is 43.0 Å². The van der Waals surface area contributed by atoms with Gasteiger partial charge in [-0.1, -0.05) is 32.4 Å². The van der Waals surface area contributed by atoms with Gasteiger partial charge in [0.25, 0.3) is 0 Å². The van der Waals surface area contributed by atoms with Crippen molar-refractivity contribution in [1.82, 2.24) is 9.97 Å². The first-order valence-corrected chi connectivity index (χ1v) is 6.75. The van der Waals surface area contributed by atoms with Gasteiger partial charge in [0, 0.05) is 18.0 Å². The Kier molecular flexibility index (Phi) is 4.35. The molecule has 0 saturated carbocycles. The largest absolute Gasteiger partial charge is 0.497 e. The molecule has 20 heavy (non-hydrogen) atoms. The van der Waals surface area contributed by atoms with Crippen molar-refractivity contribution in [3.05, 3.63) is 54.1 Å². The third-order valence-electron chi connectivity index (χ3n) is 3.86. The first kappa shape index (κ1) is 14.5. The van der Waals surface area contributed by atoms with Gasteiger partial charge in [-0.2, -0.15) is 0 Å². The van der Waals surface area contributed by atoms with Gasteiger partial charge >= 0.3 is 0 Å². The van der Waals surface area contributed by atoms with E-state index in [9.17, 15) is 5.11 Å². The van der Waals surface area contributed by atoms with E-state index in [2.05, 4.69) is 16.9 Å². The van der Waals surface area contributed by atoms with Crippen molar-refractivity contribution in [2.75, 3.05) is 7.11 Å². The molecule has 0 aliphatic carbocycles. The highest BCUT2D eigenvalue weighted by Crippen LogP contribution is 2.38. The Bertz CT molecular complexity index is 542. The number of hydrogen-bond acceptors (Lipinski definition) is 4. The molecule has 0 bridgehead atoms. The minimum Gasteiger partial charge on any atom is -0.497 e. The maximum Gasteiger partial charge on any atom is 0.120 e. The Hall–Kier alpha value is -1.94. The Balaban J connectivity index is 2.51. The van der Waals surface area contributed by atoms with E-state index in [0.29, 0.717) is 5.56 Å². The van der Waals surface area contributed by atoms with Gasteiger partial charge in [-0.25, -0.2) is 9.97 Å². The fourth-order valence-corrected chi connectivity index (χ4v) is 2.37. The average molecular weight is 272 g/mol. The smallest absolute Gasteiger partial charge is 0.120 e. The predicted molar refractivity (Wildman–Crippen MR) is 77.5 cm³/mol. The van der Waals surface area contributed by atoms with Crippen LogP contribution in [0.5, 0.6) is 5.75 Å². The van der Waals surface area contributed by atoms with Crippen LogP contribution in [-0.2, 0) is 5.60 Å². The number of aliphatic hydroxyl groups is 1. The van der Waals surface area contributed by atoms with Crippen molar-refractivity contribution in [2.45, 2.75) is 25.9 Å². The number of rotatable bonds is 5. The van der Waals surface area contributed by atoms with E-state index in [1.165, 1.54) is 6.33 Å². The lowest BCUT2D eigenvalue weighted by molar-refractivity contribution is 0.0216. The maximum absolute atomic E-state index is 11.3. The van der Waals surface area contributed by atoms with Crippen molar-refractivity contribution in [3.63, 3.8) is 0 Å². The van der Waals surface area contributed by atoms with Crippen LogP contribution in [0.1, 0.15) is 31.4 Å². The molecule has 1 aromatic carbocycles. The highest BCUT2D eigenvalue weighted by atomic mass is 16.5. The molecule has 0 saturated heterocycles. The molecule has 0 amide bonds. The Morgan fingerprint density at radius 2 is 1.75 bits per heavy atom. The molecule has 2 unspecified atom stereocenters. The molecule has 0 radical (unpaired) electrons. The SMILES string of the molecule is CCC(C)C(O)(c1ccc(OC)cc1)c1cncnc1. The van der Waals surface area contributed by atoms with Crippen LogP contribution >= 0.6 is 0 Å². The number of ether oxygens (including phenoxy) is 1. The summed E-state index contributed by atoms with van der Waals surface area (Å²) in [5.74, 6) is 0.812. The molecule has 0 spiro atoms. The zero-order valence-electron chi connectivity index (χ0n) is 12.1. The van der Waals surface area contributed by atoms with Crippen LogP contribution in [0.25, 0.3) is 0 Å². The summed E-state index contributed by atoms with van der Waals surface area (Å²) >= 11 is 0. The fraction of sp³-hybridized carbons (Fsp3) is 0.375. The van der Waals surface area contributed by atoms with E-state index in [0.717, 1.165) is 17.7 Å². The molecule has 1 heterocycles. The van der Waals surface area contributed by atoms with Gasteiger partial charge in [0.05, 0.1) is 7.11 Å². The third kappa shape index (κ3) is 2.51. The van der Waals surface area contributed by atoms with E-state index in [-0.39, 0.29) is 5.92 Å². The lowest BCUT2D eigenvalue weighted by atomic mass is 9.77. The topological polar surface area (TPSA) is 55.2 Å². The Morgan fingerprint density at radius 1 is 1.15 bits per heavy atom. The summed E-state index contributed by atoms with van der Waals surface area (Å²) in [7, 11) is 1.63. The second-order valence-corrected chi connectivity index (χ2v) is 4.93. The maximum atomic E-state index is 11.3. The summed E-state index contributed by atoms with van der Waals surface area (Å²) < 4.78 is 5.17. The number of benzene rings is 1. The van der Waals surface area contributed by atoms with Crippen molar-refractivity contribution >= 4 is 0 Å². The Morgan fingerprint density at radius 3 is 2.25 bits per heavy atom. The second-order valence-electron chi connectivity index (χ2n) is 4.93. The quantitative estimate of drug-likeness (QED) is 0.909.